The molecule has 2 amide bonds. The summed E-state index contributed by atoms with van der Waals surface area (Å²) >= 11 is 1.53. The molecule has 1 unspecified atom stereocenters. The summed E-state index contributed by atoms with van der Waals surface area (Å²) in [5.74, 6) is -0.747. The van der Waals surface area contributed by atoms with Gasteiger partial charge in [0.25, 0.3) is 5.91 Å². The average Bonchev–Trinajstić information content (AvgIpc) is 2.93. The van der Waals surface area contributed by atoms with Crippen molar-refractivity contribution < 1.29 is 9.59 Å². The van der Waals surface area contributed by atoms with Crippen LogP contribution in [0.3, 0.4) is 0 Å². The monoisotopic (exact) mass is 370 g/mol. The largest absolute Gasteiger partial charge is 0.365 e. The fourth-order valence-electron chi connectivity index (χ4n) is 3.72. The van der Waals surface area contributed by atoms with Gasteiger partial charge in [0.2, 0.25) is 5.91 Å². The van der Waals surface area contributed by atoms with Gasteiger partial charge in [-0.05, 0) is 43.2 Å². The molecule has 138 valence electrons. The second-order valence-electron chi connectivity index (χ2n) is 6.85. The second kappa shape index (κ2) is 8.49. The third-order valence-electron chi connectivity index (χ3n) is 5.08. The van der Waals surface area contributed by atoms with Gasteiger partial charge < -0.3 is 11.1 Å². The molecule has 1 aromatic heterocycles. The van der Waals surface area contributed by atoms with Crippen molar-refractivity contribution in [1.29, 1.82) is 0 Å². The average molecular weight is 371 g/mol. The second-order valence-corrected chi connectivity index (χ2v) is 7.95. The Morgan fingerprint density at radius 1 is 1.12 bits per heavy atom. The first kappa shape index (κ1) is 18.6. The smallest absolute Gasteiger partial charge is 0.251 e. The molecule has 0 saturated carbocycles. The SMILES string of the molecule is CCC(C(=O)Nc1sc2c(c1C(N)=O)CCCCCC2)c1ccccc1. The van der Waals surface area contributed by atoms with Crippen LogP contribution in [0.25, 0.3) is 0 Å². The third-order valence-corrected chi connectivity index (χ3v) is 6.29. The normalized spacial score (nSPS) is 15.4. The van der Waals surface area contributed by atoms with E-state index in [2.05, 4.69) is 5.32 Å². The van der Waals surface area contributed by atoms with Crippen molar-refractivity contribution in [3.63, 3.8) is 0 Å². The lowest BCUT2D eigenvalue weighted by atomic mass is 9.95. The number of carbonyl (C=O) groups is 2. The number of amides is 2. The Balaban J connectivity index is 1.90. The van der Waals surface area contributed by atoms with Crippen molar-refractivity contribution in [2.24, 2.45) is 5.73 Å². The molecule has 4 nitrogen and oxygen atoms in total. The van der Waals surface area contributed by atoms with Gasteiger partial charge in [-0.15, -0.1) is 11.3 Å². The number of aryl methyl sites for hydroxylation is 1. The summed E-state index contributed by atoms with van der Waals surface area (Å²) in [4.78, 5) is 26.2. The minimum absolute atomic E-state index is 0.0737. The fourth-order valence-corrected chi connectivity index (χ4v) is 5.02. The molecule has 0 bridgehead atoms. The molecule has 0 saturated heterocycles. The van der Waals surface area contributed by atoms with E-state index in [-0.39, 0.29) is 11.8 Å². The highest BCUT2D eigenvalue weighted by atomic mass is 32.1. The van der Waals surface area contributed by atoms with Crippen molar-refractivity contribution in [3.8, 4) is 0 Å². The summed E-state index contributed by atoms with van der Waals surface area (Å²) in [7, 11) is 0. The molecule has 2 aromatic rings. The number of hydrogen-bond acceptors (Lipinski definition) is 3. The predicted molar refractivity (Wildman–Crippen MR) is 107 cm³/mol. The molecule has 1 aromatic carbocycles. The van der Waals surface area contributed by atoms with Gasteiger partial charge in [-0.2, -0.15) is 0 Å². The van der Waals surface area contributed by atoms with Gasteiger partial charge in [0, 0.05) is 4.88 Å². The van der Waals surface area contributed by atoms with E-state index in [4.69, 9.17) is 5.73 Å². The Hall–Kier alpha value is -2.14. The fraction of sp³-hybridized carbons (Fsp3) is 0.429. The molecule has 1 heterocycles. The molecule has 3 N–H and O–H groups in total. The van der Waals surface area contributed by atoms with Crippen molar-refractivity contribution in [1.82, 2.24) is 0 Å². The number of anilines is 1. The summed E-state index contributed by atoms with van der Waals surface area (Å²) in [5.41, 5.74) is 8.27. The Kier molecular flexibility index (Phi) is 6.09. The Labute approximate surface area is 158 Å². The Bertz CT molecular complexity index is 783. The van der Waals surface area contributed by atoms with E-state index < -0.39 is 5.91 Å². The van der Waals surface area contributed by atoms with Gasteiger partial charge in [0.05, 0.1) is 11.5 Å². The highest BCUT2D eigenvalue weighted by molar-refractivity contribution is 7.17. The van der Waals surface area contributed by atoms with Gasteiger partial charge in [0.15, 0.2) is 0 Å². The lowest BCUT2D eigenvalue weighted by molar-refractivity contribution is -0.117. The molecule has 1 atom stereocenters. The van der Waals surface area contributed by atoms with Crippen molar-refractivity contribution in [3.05, 3.63) is 51.9 Å². The highest BCUT2D eigenvalue weighted by Crippen LogP contribution is 2.37. The molecule has 0 spiro atoms. The minimum Gasteiger partial charge on any atom is -0.365 e. The van der Waals surface area contributed by atoms with E-state index in [1.807, 2.05) is 37.3 Å². The van der Waals surface area contributed by atoms with Crippen LogP contribution >= 0.6 is 11.3 Å². The van der Waals surface area contributed by atoms with Crippen LogP contribution in [0, 0.1) is 0 Å². The van der Waals surface area contributed by atoms with E-state index >= 15 is 0 Å². The molecule has 0 fully saturated rings. The van der Waals surface area contributed by atoms with Gasteiger partial charge in [-0.1, -0.05) is 50.1 Å². The predicted octanol–water partition coefficient (Wildman–Crippen LogP) is 4.64. The van der Waals surface area contributed by atoms with Crippen LogP contribution in [0.1, 0.15) is 71.3 Å². The van der Waals surface area contributed by atoms with E-state index in [0.717, 1.165) is 36.8 Å². The van der Waals surface area contributed by atoms with Crippen LogP contribution < -0.4 is 11.1 Å². The van der Waals surface area contributed by atoms with Gasteiger partial charge in [-0.3, -0.25) is 9.59 Å². The van der Waals surface area contributed by atoms with Gasteiger partial charge in [0.1, 0.15) is 5.00 Å². The van der Waals surface area contributed by atoms with Crippen LogP contribution in [-0.4, -0.2) is 11.8 Å². The maximum atomic E-state index is 12.9. The number of primary amides is 1. The standard InChI is InChI=1S/C21H26N2O2S/c1-2-15(14-10-6-5-7-11-14)20(25)23-21-18(19(22)24)16-12-8-3-4-9-13-17(16)26-21/h5-7,10-11,15H,2-4,8-9,12-13H2,1H3,(H2,22,24)(H,23,25). The van der Waals surface area contributed by atoms with E-state index in [9.17, 15) is 9.59 Å². The number of benzene rings is 1. The molecule has 26 heavy (non-hydrogen) atoms. The quantitative estimate of drug-likeness (QED) is 0.805. The minimum atomic E-state index is -0.439. The number of fused-ring (bicyclic) bond motifs is 1. The lowest BCUT2D eigenvalue weighted by Crippen LogP contribution is -2.22. The maximum absolute atomic E-state index is 12.9. The zero-order valence-corrected chi connectivity index (χ0v) is 16.0. The van der Waals surface area contributed by atoms with E-state index in [0.29, 0.717) is 17.0 Å². The molecular weight excluding hydrogens is 344 g/mol. The van der Waals surface area contributed by atoms with Crippen molar-refractivity contribution in [2.45, 2.75) is 57.8 Å². The van der Waals surface area contributed by atoms with Crippen molar-refractivity contribution in [2.75, 3.05) is 5.32 Å². The zero-order chi connectivity index (χ0) is 18.5. The molecule has 5 heteroatoms. The first-order chi connectivity index (χ1) is 12.6. The van der Waals surface area contributed by atoms with Gasteiger partial charge >= 0.3 is 0 Å². The van der Waals surface area contributed by atoms with Crippen LogP contribution in [0.5, 0.6) is 0 Å². The number of thiophene rings is 1. The summed E-state index contributed by atoms with van der Waals surface area (Å²) < 4.78 is 0. The topological polar surface area (TPSA) is 72.2 Å². The molecule has 0 aliphatic heterocycles. The zero-order valence-electron chi connectivity index (χ0n) is 15.2. The number of nitrogens with one attached hydrogen (secondary N) is 1. The van der Waals surface area contributed by atoms with Crippen LogP contribution in [0.2, 0.25) is 0 Å². The number of hydrogen-bond donors (Lipinski definition) is 2. The van der Waals surface area contributed by atoms with E-state index in [1.165, 1.54) is 29.1 Å². The Morgan fingerprint density at radius 3 is 2.46 bits per heavy atom. The van der Waals surface area contributed by atoms with Crippen LogP contribution in [0.4, 0.5) is 5.00 Å². The summed E-state index contributed by atoms with van der Waals surface area (Å²) in [6, 6.07) is 9.76. The summed E-state index contributed by atoms with van der Waals surface area (Å²) in [5, 5.41) is 3.65. The molecule has 1 aliphatic rings. The van der Waals surface area contributed by atoms with Gasteiger partial charge in [-0.25, -0.2) is 0 Å². The first-order valence-corrected chi connectivity index (χ1v) is 10.2. The summed E-state index contributed by atoms with van der Waals surface area (Å²) in [6.45, 7) is 2.00. The number of rotatable bonds is 5. The lowest BCUT2D eigenvalue weighted by Gasteiger charge is -2.15. The van der Waals surface area contributed by atoms with Crippen LogP contribution in [0.15, 0.2) is 30.3 Å². The molecule has 3 rings (SSSR count). The number of carbonyl (C=O) groups excluding carboxylic acids is 2. The Morgan fingerprint density at radius 2 is 1.81 bits per heavy atom. The molecular formula is C21H26N2O2S. The van der Waals surface area contributed by atoms with E-state index in [1.54, 1.807) is 0 Å². The van der Waals surface area contributed by atoms with Crippen LogP contribution in [-0.2, 0) is 17.6 Å². The number of nitrogens with two attached hydrogens (primary N) is 1. The van der Waals surface area contributed by atoms with Crippen molar-refractivity contribution >= 4 is 28.2 Å². The summed E-state index contributed by atoms with van der Waals surface area (Å²) in [6.07, 6.45) is 7.13. The third kappa shape index (κ3) is 3.98. The first-order valence-electron chi connectivity index (χ1n) is 9.42. The highest BCUT2D eigenvalue weighted by Gasteiger charge is 2.26. The maximum Gasteiger partial charge on any atom is 0.251 e. The molecule has 0 radical (unpaired) electrons. The molecule has 1 aliphatic carbocycles.